The minimum absolute atomic E-state index is 0.0143. The van der Waals surface area contributed by atoms with Crippen molar-refractivity contribution < 1.29 is 23.9 Å². The van der Waals surface area contributed by atoms with E-state index in [0.29, 0.717) is 25.0 Å². The van der Waals surface area contributed by atoms with Crippen molar-refractivity contribution in [3.05, 3.63) is 41.1 Å². The number of allylic oxidation sites excluding steroid dienone is 1. The highest BCUT2D eigenvalue weighted by Crippen LogP contribution is 2.47. The van der Waals surface area contributed by atoms with E-state index < -0.39 is 23.7 Å². The fourth-order valence-corrected chi connectivity index (χ4v) is 6.69. The third-order valence-corrected chi connectivity index (χ3v) is 9.49. The number of rotatable bonds is 5. The Labute approximate surface area is 254 Å². The van der Waals surface area contributed by atoms with Crippen molar-refractivity contribution >= 4 is 29.0 Å². The Bertz CT molecular complexity index is 1420. The van der Waals surface area contributed by atoms with Gasteiger partial charge in [0.15, 0.2) is 0 Å². The van der Waals surface area contributed by atoms with Gasteiger partial charge in [-0.3, -0.25) is 14.6 Å². The lowest BCUT2D eigenvalue weighted by atomic mass is 10.0. The monoisotopic (exact) mass is 590 g/mol. The summed E-state index contributed by atoms with van der Waals surface area (Å²) in [5.41, 5.74) is 9.24. The first-order valence-corrected chi connectivity index (χ1v) is 15.7. The van der Waals surface area contributed by atoms with Gasteiger partial charge >= 0.3 is 0 Å². The molecule has 0 spiro atoms. The number of carbonyl (C=O) groups excluding carboxylic acids is 3. The topological polar surface area (TPSA) is 124 Å². The van der Waals surface area contributed by atoms with E-state index in [2.05, 4.69) is 25.2 Å². The zero-order valence-corrected chi connectivity index (χ0v) is 26.2. The van der Waals surface area contributed by atoms with Crippen molar-refractivity contribution in [2.75, 3.05) is 13.7 Å². The number of amides is 2. The zero-order valence-electron chi connectivity index (χ0n) is 26.2. The average molecular weight is 591 g/mol. The third-order valence-electron chi connectivity index (χ3n) is 9.49. The predicted octanol–water partition coefficient (Wildman–Crippen LogP) is 4.73. The predicted molar refractivity (Wildman–Crippen MR) is 166 cm³/mol. The molecular formula is C34H46N4O5. The fraction of sp³-hybridized carbons (Fsp3) is 0.588. The van der Waals surface area contributed by atoms with E-state index in [4.69, 9.17) is 20.2 Å². The van der Waals surface area contributed by atoms with Crippen LogP contribution in [0.15, 0.2) is 29.8 Å². The molecule has 0 bridgehead atoms. The van der Waals surface area contributed by atoms with Gasteiger partial charge in [-0.25, -0.2) is 0 Å². The van der Waals surface area contributed by atoms with Gasteiger partial charge in [-0.05, 0) is 57.6 Å². The van der Waals surface area contributed by atoms with E-state index in [9.17, 15) is 14.4 Å². The molecule has 2 aliphatic heterocycles. The van der Waals surface area contributed by atoms with E-state index >= 15 is 0 Å². The Kier molecular flexibility index (Phi) is 9.11. The zero-order chi connectivity index (χ0) is 30.9. The Morgan fingerprint density at radius 2 is 1.91 bits per heavy atom. The number of nitrogens with two attached hydrogens (primary N) is 1. The Morgan fingerprint density at radius 3 is 2.63 bits per heavy atom. The van der Waals surface area contributed by atoms with Crippen LogP contribution in [0.1, 0.15) is 89.3 Å². The molecular weight excluding hydrogens is 544 g/mol. The van der Waals surface area contributed by atoms with Crippen LogP contribution in [0, 0.1) is 12.8 Å². The molecule has 3 aliphatic rings. The number of benzene rings is 1. The molecule has 3 N–H and O–H groups in total. The summed E-state index contributed by atoms with van der Waals surface area (Å²) in [6.45, 7) is 8.41. The summed E-state index contributed by atoms with van der Waals surface area (Å²) >= 11 is 0. The number of hydrogen-bond donors (Lipinski definition) is 2. The lowest BCUT2D eigenvalue weighted by molar-refractivity contribution is -0.140. The fourth-order valence-electron chi connectivity index (χ4n) is 6.69. The lowest BCUT2D eigenvalue weighted by Crippen LogP contribution is -2.54. The van der Waals surface area contributed by atoms with Crippen molar-refractivity contribution in [3.8, 4) is 11.5 Å². The molecule has 2 fully saturated rings. The molecule has 5 rings (SSSR count). The average Bonchev–Trinajstić information content (AvgIpc) is 3.55. The van der Waals surface area contributed by atoms with Crippen LogP contribution in [0.2, 0.25) is 0 Å². The molecule has 232 valence electrons. The summed E-state index contributed by atoms with van der Waals surface area (Å²) in [7, 11) is 1.64. The van der Waals surface area contributed by atoms with Crippen LogP contribution in [-0.4, -0.2) is 65.4 Å². The first-order valence-electron chi connectivity index (χ1n) is 15.7. The number of pyridine rings is 1. The number of aldehydes is 1. The highest BCUT2D eigenvalue weighted by atomic mass is 16.5. The van der Waals surface area contributed by atoms with E-state index in [1.54, 1.807) is 12.0 Å². The van der Waals surface area contributed by atoms with Gasteiger partial charge < -0.3 is 30.2 Å². The number of carbonyl (C=O) groups is 3. The molecule has 9 heteroatoms. The molecule has 43 heavy (non-hydrogen) atoms. The molecule has 5 atom stereocenters. The minimum atomic E-state index is -0.922. The molecule has 3 heterocycles. The van der Waals surface area contributed by atoms with Crippen LogP contribution >= 0.6 is 0 Å². The van der Waals surface area contributed by atoms with E-state index in [1.807, 2.05) is 32.0 Å². The van der Waals surface area contributed by atoms with Crippen LogP contribution < -0.4 is 20.5 Å². The standard InChI is InChI=1S/C34H46N4O5/c1-20(2)27-16-30(24-13-14-29(42-5)22(4)31(24)36-27)43-23-15-28-32(40)37-34(19-39)17-25(34)21(3)11-9-7-6-8-10-12-26(35)33(41)38(28)18-23/h11,13-14,16,19-20,23,25-26,28H,6-10,12,15,17-18,35H2,1-5H3,(H,37,40). The number of aromatic nitrogens is 1. The third kappa shape index (κ3) is 6.28. The summed E-state index contributed by atoms with van der Waals surface area (Å²) in [6, 6.07) is 4.33. The van der Waals surface area contributed by atoms with Crippen molar-refractivity contribution in [1.82, 2.24) is 15.2 Å². The van der Waals surface area contributed by atoms with Crippen LogP contribution in [0.3, 0.4) is 0 Å². The van der Waals surface area contributed by atoms with E-state index in [-0.39, 0.29) is 30.2 Å². The first-order chi connectivity index (χ1) is 20.6. The number of ether oxygens (including phenoxy) is 2. The van der Waals surface area contributed by atoms with Crippen LogP contribution in [-0.2, 0) is 14.4 Å². The van der Waals surface area contributed by atoms with Crippen LogP contribution in [0.4, 0.5) is 0 Å². The highest BCUT2D eigenvalue weighted by Gasteiger charge is 2.57. The number of hydrogen-bond acceptors (Lipinski definition) is 7. The number of nitrogens with zero attached hydrogens (tertiary/aromatic N) is 2. The summed E-state index contributed by atoms with van der Waals surface area (Å²) in [4.78, 5) is 46.3. The van der Waals surface area contributed by atoms with Crippen molar-refractivity contribution in [1.29, 1.82) is 0 Å². The van der Waals surface area contributed by atoms with E-state index in [0.717, 1.165) is 71.9 Å². The maximum Gasteiger partial charge on any atom is 0.243 e. The quantitative estimate of drug-likeness (QED) is 0.381. The molecule has 1 aromatic heterocycles. The van der Waals surface area contributed by atoms with Gasteiger partial charge in [0.2, 0.25) is 11.8 Å². The van der Waals surface area contributed by atoms with Crippen LogP contribution in [0.5, 0.6) is 11.5 Å². The van der Waals surface area contributed by atoms with Crippen molar-refractivity contribution in [2.45, 2.75) is 109 Å². The second kappa shape index (κ2) is 12.6. The summed E-state index contributed by atoms with van der Waals surface area (Å²) in [5, 5.41) is 3.88. The molecule has 1 aliphatic carbocycles. The van der Waals surface area contributed by atoms with Crippen molar-refractivity contribution in [3.63, 3.8) is 0 Å². The molecule has 5 unspecified atom stereocenters. The summed E-state index contributed by atoms with van der Waals surface area (Å²) < 4.78 is 12.2. The van der Waals surface area contributed by atoms with E-state index in [1.165, 1.54) is 0 Å². The number of fused-ring (bicyclic) bond motifs is 3. The molecule has 1 aromatic carbocycles. The number of methoxy groups -OCH3 is 1. The number of nitrogens with one attached hydrogen (secondary N) is 1. The van der Waals surface area contributed by atoms with Gasteiger partial charge in [-0.1, -0.05) is 44.8 Å². The summed E-state index contributed by atoms with van der Waals surface area (Å²) in [6.07, 6.45) is 9.00. The largest absolute Gasteiger partial charge is 0.496 e. The second-order valence-corrected chi connectivity index (χ2v) is 12.9. The molecule has 9 nitrogen and oxygen atoms in total. The normalized spacial score (nSPS) is 28.6. The molecule has 0 radical (unpaired) electrons. The lowest BCUT2D eigenvalue weighted by Gasteiger charge is -2.27. The first kappa shape index (κ1) is 31.0. The Balaban J connectivity index is 1.45. The SMILES string of the molecule is COc1ccc2c(OC3CC4C(=O)NC5(C=O)CC5C(C)=CCCCCCCC(N)C(=O)N4C3)cc(C(C)C)nc2c1C. The van der Waals surface area contributed by atoms with Gasteiger partial charge in [0.05, 0.1) is 25.2 Å². The summed E-state index contributed by atoms with van der Waals surface area (Å²) in [5.74, 6) is 0.981. The smallest absolute Gasteiger partial charge is 0.243 e. The maximum atomic E-state index is 13.8. The van der Waals surface area contributed by atoms with Gasteiger partial charge in [-0.2, -0.15) is 0 Å². The van der Waals surface area contributed by atoms with Crippen LogP contribution in [0.25, 0.3) is 10.9 Å². The maximum absolute atomic E-state index is 13.8. The molecule has 1 saturated carbocycles. The Hall–Kier alpha value is -3.46. The van der Waals surface area contributed by atoms with Gasteiger partial charge in [0.25, 0.3) is 0 Å². The number of aryl methyl sites for hydroxylation is 1. The molecule has 2 amide bonds. The Morgan fingerprint density at radius 1 is 1.14 bits per heavy atom. The molecule has 2 aromatic rings. The van der Waals surface area contributed by atoms with Gasteiger partial charge in [-0.15, -0.1) is 0 Å². The second-order valence-electron chi connectivity index (χ2n) is 12.9. The highest BCUT2D eigenvalue weighted by molar-refractivity contribution is 5.93. The minimum Gasteiger partial charge on any atom is -0.496 e. The van der Waals surface area contributed by atoms with Gasteiger partial charge in [0, 0.05) is 35.0 Å². The molecule has 1 saturated heterocycles. The van der Waals surface area contributed by atoms with Crippen molar-refractivity contribution in [2.24, 2.45) is 11.7 Å². The van der Waals surface area contributed by atoms with Gasteiger partial charge in [0.1, 0.15) is 35.5 Å².